The lowest BCUT2D eigenvalue weighted by atomic mass is 10.2. The van der Waals surface area contributed by atoms with E-state index in [9.17, 15) is 8.78 Å². The Balaban J connectivity index is 2.02. The van der Waals surface area contributed by atoms with E-state index in [1.807, 2.05) is 0 Å². The Morgan fingerprint density at radius 1 is 1.36 bits per heavy atom. The molecule has 0 radical (unpaired) electrons. The minimum absolute atomic E-state index is 0.176. The van der Waals surface area contributed by atoms with Crippen molar-refractivity contribution in [3.05, 3.63) is 0 Å². The largest absolute Gasteiger partial charge is 0.368 e. The minimum atomic E-state index is -2.94. The Morgan fingerprint density at radius 2 is 2.18 bits per heavy atom. The molecule has 1 saturated carbocycles. The molecular weight excluding hydrogens is 152 g/mol. The summed E-state index contributed by atoms with van der Waals surface area (Å²) >= 11 is 0. The second kappa shape index (κ2) is 2.38. The fraction of sp³-hybridized carbons (Fsp3) is 1.00. The van der Waals surface area contributed by atoms with Crippen molar-refractivity contribution in [3.63, 3.8) is 0 Å². The van der Waals surface area contributed by atoms with Crippen molar-refractivity contribution >= 4 is 0 Å². The van der Waals surface area contributed by atoms with E-state index < -0.39 is 6.11 Å². The van der Waals surface area contributed by atoms with Crippen LogP contribution >= 0.6 is 0 Å². The molecule has 0 amide bonds. The summed E-state index contributed by atoms with van der Waals surface area (Å²) in [5.74, 6) is 0. The van der Waals surface area contributed by atoms with Crippen LogP contribution in [0.2, 0.25) is 0 Å². The molecule has 11 heavy (non-hydrogen) atoms. The molecule has 2 aliphatic rings. The molecule has 64 valence electrons. The van der Waals surface area contributed by atoms with Crippen LogP contribution in [0.15, 0.2) is 0 Å². The summed E-state index contributed by atoms with van der Waals surface area (Å²) in [4.78, 5) is 0. The maximum Gasteiger partial charge on any atom is 0.368 e. The molecule has 2 fully saturated rings. The SMILES string of the molecule is FC1(F)CN[C@@H]2CCC[C@@H]2O1. The zero-order chi connectivity index (χ0) is 7.90. The van der Waals surface area contributed by atoms with E-state index in [-0.39, 0.29) is 18.7 Å². The molecule has 0 aromatic rings. The molecule has 1 saturated heterocycles. The molecule has 0 aromatic heterocycles. The third kappa shape index (κ3) is 1.37. The van der Waals surface area contributed by atoms with Gasteiger partial charge in [-0.15, -0.1) is 0 Å². The molecule has 0 aromatic carbocycles. The Labute approximate surface area is 63.9 Å². The number of hydrogen-bond acceptors (Lipinski definition) is 2. The van der Waals surface area contributed by atoms with Crippen LogP contribution in [0.4, 0.5) is 8.78 Å². The van der Waals surface area contributed by atoms with Crippen molar-refractivity contribution in [2.24, 2.45) is 0 Å². The summed E-state index contributed by atoms with van der Waals surface area (Å²) < 4.78 is 29.7. The second-order valence-electron chi connectivity index (χ2n) is 3.21. The third-order valence-electron chi connectivity index (χ3n) is 2.35. The molecule has 0 bridgehead atoms. The van der Waals surface area contributed by atoms with Gasteiger partial charge in [0.25, 0.3) is 0 Å². The number of rotatable bonds is 0. The van der Waals surface area contributed by atoms with Crippen LogP contribution in [0.3, 0.4) is 0 Å². The van der Waals surface area contributed by atoms with Crippen LogP contribution in [0.1, 0.15) is 19.3 Å². The van der Waals surface area contributed by atoms with Gasteiger partial charge in [0.1, 0.15) is 0 Å². The van der Waals surface area contributed by atoms with E-state index in [2.05, 4.69) is 10.1 Å². The summed E-state index contributed by atoms with van der Waals surface area (Å²) in [6, 6.07) is 0.176. The average Bonchev–Trinajstić information content (AvgIpc) is 2.31. The van der Waals surface area contributed by atoms with Gasteiger partial charge in [-0.25, -0.2) is 0 Å². The summed E-state index contributed by atoms with van der Waals surface area (Å²) in [7, 11) is 0. The minimum Gasteiger partial charge on any atom is -0.314 e. The van der Waals surface area contributed by atoms with E-state index in [1.165, 1.54) is 0 Å². The van der Waals surface area contributed by atoms with Crippen molar-refractivity contribution in [1.29, 1.82) is 0 Å². The number of halogens is 2. The second-order valence-corrected chi connectivity index (χ2v) is 3.21. The van der Waals surface area contributed by atoms with Gasteiger partial charge in [-0.05, 0) is 19.3 Å². The van der Waals surface area contributed by atoms with Gasteiger partial charge in [0.05, 0.1) is 12.6 Å². The maximum atomic E-state index is 12.6. The molecule has 2 rings (SSSR count). The molecule has 1 N–H and O–H groups in total. The topological polar surface area (TPSA) is 21.3 Å². The molecule has 2 atom stereocenters. The maximum absolute atomic E-state index is 12.6. The van der Waals surface area contributed by atoms with Gasteiger partial charge in [0, 0.05) is 6.04 Å². The van der Waals surface area contributed by atoms with Crippen molar-refractivity contribution in [1.82, 2.24) is 5.32 Å². The van der Waals surface area contributed by atoms with Gasteiger partial charge in [0.2, 0.25) is 0 Å². The van der Waals surface area contributed by atoms with Crippen LogP contribution in [0.5, 0.6) is 0 Å². The first-order chi connectivity index (χ1) is 5.17. The Morgan fingerprint density at radius 3 is 3.00 bits per heavy atom. The average molecular weight is 163 g/mol. The lowest BCUT2D eigenvalue weighted by Crippen LogP contribution is -2.53. The molecular formula is C7H11F2NO. The first kappa shape index (κ1) is 7.43. The van der Waals surface area contributed by atoms with Crippen LogP contribution in [0.25, 0.3) is 0 Å². The zero-order valence-corrected chi connectivity index (χ0v) is 6.15. The molecule has 0 spiro atoms. The van der Waals surface area contributed by atoms with Gasteiger partial charge >= 0.3 is 6.11 Å². The summed E-state index contributed by atoms with van der Waals surface area (Å²) in [6.45, 7) is -0.325. The first-order valence-corrected chi connectivity index (χ1v) is 3.96. The third-order valence-corrected chi connectivity index (χ3v) is 2.35. The van der Waals surface area contributed by atoms with E-state index >= 15 is 0 Å². The monoisotopic (exact) mass is 163 g/mol. The van der Waals surface area contributed by atoms with E-state index in [0.29, 0.717) is 0 Å². The normalized spacial score (nSPS) is 42.0. The van der Waals surface area contributed by atoms with Crippen LogP contribution in [0, 0.1) is 0 Å². The van der Waals surface area contributed by atoms with Crippen LogP contribution < -0.4 is 5.32 Å². The van der Waals surface area contributed by atoms with Gasteiger partial charge in [0.15, 0.2) is 0 Å². The Bertz CT molecular complexity index is 163. The van der Waals surface area contributed by atoms with Gasteiger partial charge in [-0.1, -0.05) is 0 Å². The predicted octanol–water partition coefficient (Wildman–Crippen LogP) is 1.12. The smallest absolute Gasteiger partial charge is 0.314 e. The number of nitrogens with one attached hydrogen (secondary N) is 1. The van der Waals surface area contributed by atoms with Gasteiger partial charge < -0.3 is 10.1 Å². The Kier molecular flexibility index (Phi) is 1.61. The van der Waals surface area contributed by atoms with E-state index in [4.69, 9.17) is 0 Å². The lowest BCUT2D eigenvalue weighted by Gasteiger charge is -2.32. The molecule has 1 aliphatic heterocycles. The van der Waals surface area contributed by atoms with Gasteiger partial charge in [-0.3, -0.25) is 0 Å². The number of fused-ring (bicyclic) bond motifs is 1. The van der Waals surface area contributed by atoms with Crippen molar-refractivity contribution in [2.75, 3.05) is 6.54 Å². The highest BCUT2D eigenvalue weighted by Gasteiger charge is 2.43. The number of hydrogen-bond donors (Lipinski definition) is 1. The molecule has 1 heterocycles. The highest BCUT2D eigenvalue weighted by atomic mass is 19.3. The number of ether oxygens (including phenoxy) is 1. The molecule has 4 heteroatoms. The summed E-state index contributed by atoms with van der Waals surface area (Å²) in [5.41, 5.74) is 0. The molecule has 0 unspecified atom stereocenters. The number of morpholine rings is 1. The Hall–Kier alpha value is -0.220. The molecule has 2 nitrogen and oxygen atoms in total. The quantitative estimate of drug-likeness (QED) is 0.577. The summed E-state index contributed by atoms with van der Waals surface area (Å²) in [6.07, 6.45) is -0.448. The summed E-state index contributed by atoms with van der Waals surface area (Å²) in [5, 5.41) is 2.80. The predicted molar refractivity (Wildman–Crippen MR) is 35.5 cm³/mol. The van der Waals surface area contributed by atoms with Crippen molar-refractivity contribution in [2.45, 2.75) is 37.5 Å². The van der Waals surface area contributed by atoms with Crippen molar-refractivity contribution in [3.8, 4) is 0 Å². The van der Waals surface area contributed by atoms with E-state index in [0.717, 1.165) is 19.3 Å². The first-order valence-electron chi connectivity index (χ1n) is 3.96. The van der Waals surface area contributed by atoms with Crippen LogP contribution in [-0.2, 0) is 4.74 Å². The molecule has 1 aliphatic carbocycles. The fourth-order valence-electron chi connectivity index (χ4n) is 1.81. The highest BCUT2D eigenvalue weighted by molar-refractivity contribution is 4.89. The standard InChI is InChI=1S/C7H11F2NO/c8-7(9)4-10-5-2-1-3-6(5)11-7/h5-6,10H,1-4H2/t5-,6+/m1/s1. The fourth-order valence-corrected chi connectivity index (χ4v) is 1.81. The lowest BCUT2D eigenvalue weighted by molar-refractivity contribution is -0.278. The zero-order valence-electron chi connectivity index (χ0n) is 6.15. The van der Waals surface area contributed by atoms with Gasteiger partial charge in [-0.2, -0.15) is 8.78 Å². The number of alkyl halides is 2. The van der Waals surface area contributed by atoms with Crippen molar-refractivity contribution < 1.29 is 13.5 Å². The van der Waals surface area contributed by atoms with E-state index in [1.54, 1.807) is 0 Å². The van der Waals surface area contributed by atoms with Crippen LogP contribution in [-0.4, -0.2) is 24.8 Å². The highest BCUT2D eigenvalue weighted by Crippen LogP contribution is 2.31.